The van der Waals surface area contributed by atoms with Gasteiger partial charge in [0.1, 0.15) is 0 Å². The average molecular weight is 346 g/mol. The second-order valence-corrected chi connectivity index (χ2v) is 5.70. The number of hydrogen-bond donors (Lipinski definition) is 0. The van der Waals surface area contributed by atoms with Crippen LogP contribution in [0.4, 0.5) is 17.6 Å². The van der Waals surface area contributed by atoms with Gasteiger partial charge in [0.15, 0.2) is 23.3 Å². The molecule has 0 aromatic heterocycles. The van der Waals surface area contributed by atoms with E-state index in [0.717, 1.165) is 18.6 Å². The van der Waals surface area contributed by atoms with Crippen LogP contribution in [0.5, 0.6) is 0 Å². The monoisotopic (exact) mass is 346 g/mol. The van der Waals surface area contributed by atoms with Crippen LogP contribution in [0.1, 0.15) is 30.4 Å². The number of halogens is 4. The highest BCUT2D eigenvalue weighted by molar-refractivity contribution is 5.36. The van der Waals surface area contributed by atoms with E-state index in [1.165, 1.54) is 24.3 Å². The van der Waals surface area contributed by atoms with Crippen molar-refractivity contribution in [2.75, 3.05) is 0 Å². The average Bonchev–Trinajstić information content (AvgIpc) is 2.56. The fourth-order valence-electron chi connectivity index (χ4n) is 2.62. The van der Waals surface area contributed by atoms with Crippen LogP contribution in [0.3, 0.4) is 0 Å². The molecule has 0 atom stereocenters. The molecule has 0 bridgehead atoms. The van der Waals surface area contributed by atoms with Crippen LogP contribution in [0.25, 0.3) is 0 Å². The molecule has 2 aromatic carbocycles. The molecule has 1 aliphatic rings. The van der Waals surface area contributed by atoms with Crippen LogP contribution < -0.4 is 0 Å². The first-order valence-corrected chi connectivity index (χ1v) is 7.61. The van der Waals surface area contributed by atoms with Crippen LogP contribution in [0.2, 0.25) is 0 Å². The van der Waals surface area contributed by atoms with Gasteiger partial charge in [0.05, 0.1) is 24.0 Å². The van der Waals surface area contributed by atoms with E-state index < -0.39 is 28.7 Å². The van der Waals surface area contributed by atoms with E-state index in [2.05, 4.69) is 6.07 Å². The van der Waals surface area contributed by atoms with Gasteiger partial charge in [-0.05, 0) is 31.4 Å². The highest BCUT2D eigenvalue weighted by Gasteiger charge is 2.41. The van der Waals surface area contributed by atoms with Crippen LogP contribution in [0.15, 0.2) is 36.4 Å². The third-order valence-corrected chi connectivity index (χ3v) is 4.19. The lowest BCUT2D eigenvalue weighted by Crippen LogP contribution is -2.33. The van der Waals surface area contributed by atoms with Gasteiger partial charge in [-0.15, -0.1) is 0 Å². The Morgan fingerprint density at radius 3 is 2.00 bits per heavy atom. The van der Waals surface area contributed by atoms with E-state index in [4.69, 9.17) is 10.5 Å². The zero-order chi connectivity index (χ0) is 18.4. The smallest absolute Gasteiger partial charge is 0.163 e. The SMILES string of the molecule is N#CC1(c2cccc(F)c2F)CCC1.N#CCc1cccc(F)c1F. The van der Waals surface area contributed by atoms with Crippen LogP contribution in [0, 0.1) is 45.9 Å². The van der Waals surface area contributed by atoms with Gasteiger partial charge >= 0.3 is 0 Å². The number of benzene rings is 2. The van der Waals surface area contributed by atoms with Gasteiger partial charge in [0, 0.05) is 11.1 Å². The molecule has 0 N–H and O–H groups in total. The minimum absolute atomic E-state index is 0.0937. The predicted octanol–water partition coefficient (Wildman–Crippen LogP) is 4.94. The molecule has 0 heterocycles. The lowest BCUT2D eigenvalue weighted by atomic mass is 9.65. The highest BCUT2D eigenvalue weighted by atomic mass is 19.2. The van der Waals surface area contributed by atoms with Gasteiger partial charge in [0.25, 0.3) is 0 Å². The molecule has 6 heteroatoms. The van der Waals surface area contributed by atoms with E-state index in [1.54, 1.807) is 6.07 Å². The van der Waals surface area contributed by atoms with Crippen LogP contribution >= 0.6 is 0 Å². The van der Waals surface area contributed by atoms with Gasteiger partial charge < -0.3 is 0 Å². The van der Waals surface area contributed by atoms with Gasteiger partial charge in [-0.3, -0.25) is 0 Å². The summed E-state index contributed by atoms with van der Waals surface area (Å²) in [6.45, 7) is 0. The zero-order valence-electron chi connectivity index (χ0n) is 13.2. The quantitative estimate of drug-likeness (QED) is 0.723. The van der Waals surface area contributed by atoms with E-state index in [9.17, 15) is 17.6 Å². The number of rotatable bonds is 2. The number of nitriles is 2. The van der Waals surface area contributed by atoms with Crippen molar-refractivity contribution >= 4 is 0 Å². The second-order valence-electron chi connectivity index (χ2n) is 5.70. The molecule has 0 spiro atoms. The third kappa shape index (κ3) is 3.80. The van der Waals surface area contributed by atoms with E-state index >= 15 is 0 Å². The topological polar surface area (TPSA) is 47.6 Å². The minimum atomic E-state index is -0.922. The molecule has 128 valence electrons. The first-order valence-electron chi connectivity index (χ1n) is 7.61. The summed E-state index contributed by atoms with van der Waals surface area (Å²) in [5.41, 5.74) is -0.453. The lowest BCUT2D eigenvalue weighted by Gasteiger charge is -2.35. The summed E-state index contributed by atoms with van der Waals surface area (Å²) in [7, 11) is 0. The Bertz CT molecular complexity index is 845. The largest absolute Gasteiger partial charge is 0.204 e. The van der Waals surface area contributed by atoms with Crippen molar-refractivity contribution in [1.29, 1.82) is 10.5 Å². The van der Waals surface area contributed by atoms with Crippen molar-refractivity contribution in [1.82, 2.24) is 0 Å². The molecule has 1 fully saturated rings. The molecule has 1 saturated carbocycles. The Hall–Kier alpha value is -2.86. The maximum absolute atomic E-state index is 13.4. The van der Waals surface area contributed by atoms with Crippen molar-refractivity contribution in [2.24, 2.45) is 0 Å². The summed E-state index contributed by atoms with van der Waals surface area (Å²) in [6.07, 6.45) is 2.07. The molecule has 0 radical (unpaired) electrons. The van der Waals surface area contributed by atoms with Gasteiger partial charge in [0.2, 0.25) is 0 Å². The summed E-state index contributed by atoms with van der Waals surface area (Å²) in [4.78, 5) is 0. The van der Waals surface area contributed by atoms with Crippen molar-refractivity contribution in [3.8, 4) is 12.1 Å². The van der Waals surface area contributed by atoms with E-state index in [-0.39, 0.29) is 17.5 Å². The Morgan fingerprint density at radius 1 is 0.880 bits per heavy atom. The fraction of sp³-hybridized carbons (Fsp3) is 0.263. The normalized spacial score (nSPS) is 14.3. The lowest BCUT2D eigenvalue weighted by molar-refractivity contribution is 0.308. The first kappa shape index (κ1) is 18.5. The maximum atomic E-state index is 13.4. The van der Waals surface area contributed by atoms with Gasteiger partial charge in [-0.25, -0.2) is 17.6 Å². The minimum Gasteiger partial charge on any atom is -0.204 e. The fourth-order valence-corrected chi connectivity index (χ4v) is 2.62. The highest BCUT2D eigenvalue weighted by Crippen LogP contribution is 2.44. The molecular formula is C19H14F4N2. The molecule has 3 rings (SSSR count). The Labute approximate surface area is 142 Å². The third-order valence-electron chi connectivity index (χ3n) is 4.19. The standard InChI is InChI=1S/C11H9F2N.C8H5F2N/c12-9-4-1-3-8(10(9)13)11(7-14)5-2-6-11;9-7-3-1-2-6(4-5-11)8(7)10/h1,3-4H,2,5-6H2;1-3H,4H2. The molecule has 2 aromatic rings. The molecular weight excluding hydrogens is 332 g/mol. The van der Waals surface area contributed by atoms with Crippen LogP contribution in [-0.4, -0.2) is 0 Å². The Balaban J connectivity index is 0.000000186. The number of nitrogens with zero attached hydrogens (tertiary/aromatic N) is 2. The molecule has 2 nitrogen and oxygen atoms in total. The molecule has 0 amide bonds. The van der Waals surface area contributed by atoms with Crippen molar-refractivity contribution in [3.05, 3.63) is 70.8 Å². The van der Waals surface area contributed by atoms with Crippen molar-refractivity contribution in [3.63, 3.8) is 0 Å². The summed E-state index contributed by atoms with van der Waals surface area (Å²) in [6, 6.07) is 11.7. The summed E-state index contributed by atoms with van der Waals surface area (Å²) in [5, 5.41) is 17.2. The molecule has 0 saturated heterocycles. The summed E-state index contributed by atoms with van der Waals surface area (Å²) in [5.74, 6) is -3.57. The number of hydrogen-bond acceptors (Lipinski definition) is 2. The Kier molecular flexibility index (Phi) is 5.77. The maximum Gasteiger partial charge on any atom is 0.163 e. The predicted molar refractivity (Wildman–Crippen MR) is 83.2 cm³/mol. The Morgan fingerprint density at radius 2 is 1.48 bits per heavy atom. The summed E-state index contributed by atoms with van der Waals surface area (Å²) < 4.78 is 51.4. The zero-order valence-corrected chi connectivity index (χ0v) is 13.2. The second kappa shape index (κ2) is 7.81. The van der Waals surface area contributed by atoms with Gasteiger partial charge in [-0.2, -0.15) is 10.5 Å². The molecule has 1 aliphatic carbocycles. The summed E-state index contributed by atoms with van der Waals surface area (Å²) >= 11 is 0. The molecule has 25 heavy (non-hydrogen) atoms. The molecule has 0 aliphatic heterocycles. The van der Waals surface area contributed by atoms with Crippen molar-refractivity contribution < 1.29 is 17.6 Å². The van der Waals surface area contributed by atoms with Crippen LogP contribution in [-0.2, 0) is 11.8 Å². The van der Waals surface area contributed by atoms with E-state index in [0.29, 0.717) is 12.8 Å². The van der Waals surface area contributed by atoms with Gasteiger partial charge in [-0.1, -0.05) is 24.3 Å². The van der Waals surface area contributed by atoms with Crippen molar-refractivity contribution in [2.45, 2.75) is 31.1 Å². The first-order chi connectivity index (χ1) is 11.9. The van der Waals surface area contributed by atoms with E-state index in [1.807, 2.05) is 0 Å². The molecule has 0 unspecified atom stereocenters.